The van der Waals surface area contributed by atoms with Gasteiger partial charge >= 0.3 is 5.97 Å². The number of esters is 1. The third-order valence-corrected chi connectivity index (χ3v) is 6.29. The van der Waals surface area contributed by atoms with Gasteiger partial charge in [-0.05, 0) is 30.7 Å². The number of ether oxygens (including phenoxy) is 1. The van der Waals surface area contributed by atoms with Crippen molar-refractivity contribution < 1.29 is 14.6 Å². The molecule has 4 aromatic rings. The van der Waals surface area contributed by atoms with E-state index in [1.165, 1.54) is 0 Å². The number of benzene rings is 3. The summed E-state index contributed by atoms with van der Waals surface area (Å²) in [5.74, 6) is -0.315. The van der Waals surface area contributed by atoms with Crippen molar-refractivity contribution in [1.82, 2.24) is 4.57 Å². The van der Waals surface area contributed by atoms with Gasteiger partial charge in [0.25, 0.3) is 0 Å². The molecule has 0 saturated carbocycles. The smallest absolute Gasteiger partial charge is 0.340 e. The van der Waals surface area contributed by atoms with E-state index in [1.54, 1.807) is 0 Å². The maximum atomic E-state index is 13.0. The second-order valence-corrected chi connectivity index (χ2v) is 8.39. The van der Waals surface area contributed by atoms with E-state index < -0.39 is 5.60 Å². The molecule has 3 aromatic carbocycles. The summed E-state index contributed by atoms with van der Waals surface area (Å²) in [5, 5.41) is 10.4. The highest BCUT2D eigenvalue weighted by atomic mass is 16.6. The van der Waals surface area contributed by atoms with Crippen molar-refractivity contribution in [2.45, 2.75) is 18.6 Å². The van der Waals surface area contributed by atoms with Crippen LogP contribution in [-0.2, 0) is 16.9 Å². The third kappa shape index (κ3) is 3.00. The minimum Gasteiger partial charge on any atom is -0.440 e. The zero-order valence-corrected chi connectivity index (χ0v) is 18.3. The van der Waals surface area contributed by atoms with Crippen molar-refractivity contribution in [2.75, 3.05) is 25.6 Å². The number of cyclic esters (lactones) is 1. The lowest BCUT2D eigenvalue weighted by molar-refractivity contribution is 0.0255. The average molecular weight is 427 g/mol. The van der Waals surface area contributed by atoms with Crippen LogP contribution in [0.4, 0.5) is 5.69 Å². The number of rotatable bonds is 6. The predicted octanol–water partition coefficient (Wildman–Crippen LogP) is 4.55. The topological polar surface area (TPSA) is 54.7 Å². The molecule has 0 bridgehead atoms. The van der Waals surface area contributed by atoms with Crippen molar-refractivity contribution in [3.63, 3.8) is 0 Å². The van der Waals surface area contributed by atoms with E-state index in [4.69, 9.17) is 4.74 Å². The van der Waals surface area contributed by atoms with Gasteiger partial charge < -0.3 is 19.3 Å². The lowest BCUT2D eigenvalue weighted by Crippen LogP contribution is -2.29. The summed E-state index contributed by atoms with van der Waals surface area (Å²) in [6, 6.07) is 24.0. The molecule has 1 aliphatic rings. The minimum atomic E-state index is -1.04. The first-order valence-corrected chi connectivity index (χ1v) is 10.9. The van der Waals surface area contributed by atoms with Gasteiger partial charge in [-0.1, -0.05) is 48.5 Å². The summed E-state index contributed by atoms with van der Waals surface area (Å²) in [6.45, 7) is 0.805. The van der Waals surface area contributed by atoms with Gasteiger partial charge in [-0.3, -0.25) is 0 Å². The Morgan fingerprint density at radius 2 is 1.66 bits per heavy atom. The SMILES string of the molecule is CN(C)c1ccc(C2(c3cn(CCCO)c4ccccc34)OC(=O)c3ccccc32)cc1. The summed E-state index contributed by atoms with van der Waals surface area (Å²) < 4.78 is 8.45. The number of fused-ring (bicyclic) bond motifs is 2. The van der Waals surface area contributed by atoms with E-state index in [0.717, 1.165) is 33.3 Å². The lowest BCUT2D eigenvalue weighted by Gasteiger charge is -2.30. The molecule has 2 heterocycles. The molecule has 0 aliphatic carbocycles. The van der Waals surface area contributed by atoms with Gasteiger partial charge in [-0.15, -0.1) is 0 Å². The van der Waals surface area contributed by atoms with Crippen LogP contribution in [0.2, 0.25) is 0 Å². The highest BCUT2D eigenvalue weighted by Gasteiger charge is 2.49. The molecule has 5 nitrogen and oxygen atoms in total. The van der Waals surface area contributed by atoms with Crippen LogP contribution in [0.3, 0.4) is 0 Å². The summed E-state index contributed by atoms with van der Waals surface area (Å²) in [4.78, 5) is 15.1. The Hall–Kier alpha value is -3.57. The Labute approximate surface area is 187 Å². The number of aryl methyl sites for hydroxylation is 1. The molecule has 0 radical (unpaired) electrons. The third-order valence-electron chi connectivity index (χ3n) is 6.29. The normalized spacial score (nSPS) is 17.4. The quantitative estimate of drug-likeness (QED) is 0.460. The molecule has 5 heteroatoms. The van der Waals surface area contributed by atoms with Crippen molar-refractivity contribution in [1.29, 1.82) is 0 Å². The van der Waals surface area contributed by atoms with Gasteiger partial charge in [0.1, 0.15) is 0 Å². The molecule has 1 aliphatic heterocycles. The molecule has 0 spiro atoms. The number of nitrogens with zero attached hydrogens (tertiary/aromatic N) is 2. The van der Waals surface area contributed by atoms with Crippen LogP contribution in [0.1, 0.15) is 33.5 Å². The van der Waals surface area contributed by atoms with Crippen LogP contribution in [0.5, 0.6) is 0 Å². The lowest BCUT2D eigenvalue weighted by atomic mass is 9.79. The summed E-state index contributed by atoms with van der Waals surface area (Å²) in [6.07, 6.45) is 2.73. The molecule has 1 unspecified atom stereocenters. The molecule has 1 N–H and O–H groups in total. The molecule has 32 heavy (non-hydrogen) atoms. The fourth-order valence-electron chi connectivity index (χ4n) is 4.73. The molecule has 5 rings (SSSR count). The summed E-state index contributed by atoms with van der Waals surface area (Å²) in [5.41, 5.74) is 4.38. The number of hydrogen-bond donors (Lipinski definition) is 1. The van der Waals surface area contributed by atoms with Crippen LogP contribution in [0, 0.1) is 0 Å². The average Bonchev–Trinajstić information content (AvgIpc) is 3.34. The Morgan fingerprint density at radius 3 is 2.41 bits per heavy atom. The molecular formula is C27H26N2O3. The predicted molar refractivity (Wildman–Crippen MR) is 126 cm³/mol. The van der Waals surface area contributed by atoms with E-state index in [9.17, 15) is 9.90 Å². The monoisotopic (exact) mass is 426 g/mol. The standard InChI is InChI=1S/C27H26N2O3/c1-28(2)20-14-12-19(13-15-20)27(23-10-5-3-9-22(23)26(31)32-27)24-18-29(16-7-17-30)25-11-6-4-8-21(24)25/h3-6,8-15,18,30H,7,16-17H2,1-2H3. The number of anilines is 1. The molecule has 1 aromatic heterocycles. The molecule has 0 saturated heterocycles. The van der Waals surface area contributed by atoms with E-state index in [2.05, 4.69) is 35.0 Å². The maximum absolute atomic E-state index is 13.0. The van der Waals surface area contributed by atoms with Crippen molar-refractivity contribution in [3.05, 3.63) is 101 Å². The number of para-hydroxylation sites is 1. The van der Waals surface area contributed by atoms with Gasteiger partial charge in [0, 0.05) is 66.7 Å². The number of aromatic nitrogens is 1. The van der Waals surface area contributed by atoms with Gasteiger partial charge in [0.2, 0.25) is 0 Å². The second-order valence-electron chi connectivity index (χ2n) is 8.39. The Kier molecular flexibility index (Phi) is 4.98. The van der Waals surface area contributed by atoms with Crippen molar-refractivity contribution in [3.8, 4) is 0 Å². The van der Waals surface area contributed by atoms with Crippen LogP contribution < -0.4 is 4.90 Å². The maximum Gasteiger partial charge on any atom is 0.340 e. The summed E-state index contributed by atoms with van der Waals surface area (Å²) in [7, 11) is 4.01. The number of hydrogen-bond acceptors (Lipinski definition) is 4. The van der Waals surface area contributed by atoms with E-state index >= 15 is 0 Å². The fourth-order valence-corrected chi connectivity index (χ4v) is 4.73. The van der Waals surface area contributed by atoms with Gasteiger partial charge in [-0.2, -0.15) is 0 Å². The van der Waals surface area contributed by atoms with Crippen LogP contribution in [-0.4, -0.2) is 36.3 Å². The van der Waals surface area contributed by atoms with Gasteiger partial charge in [0.05, 0.1) is 5.56 Å². The highest BCUT2D eigenvalue weighted by molar-refractivity contribution is 5.98. The number of carbonyl (C=O) groups excluding carboxylic acids is 1. The number of aliphatic hydroxyl groups excluding tert-OH is 1. The molecule has 0 amide bonds. The van der Waals surface area contributed by atoms with Crippen LogP contribution >= 0.6 is 0 Å². The van der Waals surface area contributed by atoms with Crippen molar-refractivity contribution >= 4 is 22.6 Å². The fraction of sp³-hybridized carbons (Fsp3) is 0.222. The first-order chi connectivity index (χ1) is 15.6. The molecule has 1 atom stereocenters. The first-order valence-electron chi connectivity index (χ1n) is 10.9. The minimum absolute atomic E-state index is 0.122. The Morgan fingerprint density at radius 1 is 0.938 bits per heavy atom. The largest absolute Gasteiger partial charge is 0.440 e. The first kappa shape index (κ1) is 20.3. The molecule has 0 fully saturated rings. The van der Waals surface area contributed by atoms with Crippen LogP contribution in [0.25, 0.3) is 10.9 Å². The van der Waals surface area contributed by atoms with Crippen molar-refractivity contribution in [2.24, 2.45) is 0 Å². The van der Waals surface area contributed by atoms with Gasteiger partial charge in [0.15, 0.2) is 5.60 Å². The van der Waals surface area contributed by atoms with Gasteiger partial charge in [-0.25, -0.2) is 4.79 Å². The van der Waals surface area contributed by atoms with E-state index in [1.807, 2.05) is 67.5 Å². The Balaban J connectivity index is 1.81. The molecular weight excluding hydrogens is 400 g/mol. The van der Waals surface area contributed by atoms with Crippen LogP contribution in [0.15, 0.2) is 79.0 Å². The number of aliphatic hydroxyl groups is 1. The highest BCUT2D eigenvalue weighted by Crippen LogP contribution is 2.49. The van der Waals surface area contributed by atoms with E-state index in [0.29, 0.717) is 18.5 Å². The molecule has 162 valence electrons. The second kappa shape index (κ2) is 7.84. The zero-order valence-electron chi connectivity index (χ0n) is 18.3. The summed E-state index contributed by atoms with van der Waals surface area (Å²) >= 11 is 0. The Bertz CT molecular complexity index is 1290. The zero-order chi connectivity index (χ0) is 22.3. The number of carbonyl (C=O) groups is 1. The van der Waals surface area contributed by atoms with E-state index in [-0.39, 0.29) is 12.6 Å².